The molecule has 1 aromatic rings. The molecule has 2 heterocycles. The number of nitrogens with one attached hydrogen (secondary N) is 1. The Hall–Kier alpha value is -1.43. The third-order valence-corrected chi connectivity index (χ3v) is 4.20. The molecule has 0 saturated carbocycles. The first-order valence-electron chi connectivity index (χ1n) is 5.52. The Balaban J connectivity index is 1.98. The van der Waals surface area contributed by atoms with Gasteiger partial charge in [0.2, 0.25) is 0 Å². The predicted molar refractivity (Wildman–Crippen MR) is 67.0 cm³/mol. The van der Waals surface area contributed by atoms with E-state index in [1.54, 1.807) is 12.3 Å². The van der Waals surface area contributed by atoms with Gasteiger partial charge in [-0.3, -0.25) is 14.0 Å². The van der Waals surface area contributed by atoms with Gasteiger partial charge in [-0.1, -0.05) is 0 Å². The molecular weight excluding hydrogens is 238 g/mol. The Kier molecular flexibility index (Phi) is 3.73. The maximum absolute atomic E-state index is 11.9. The van der Waals surface area contributed by atoms with Gasteiger partial charge in [0, 0.05) is 34.5 Å². The third kappa shape index (κ3) is 3.03. The lowest BCUT2D eigenvalue weighted by atomic mass is 10.1. The second kappa shape index (κ2) is 5.27. The molecule has 17 heavy (non-hydrogen) atoms. The Morgan fingerprint density at radius 3 is 2.82 bits per heavy atom. The minimum atomic E-state index is -0.711. The molecule has 1 aliphatic rings. The summed E-state index contributed by atoms with van der Waals surface area (Å²) >= 11 is 0. The smallest absolute Gasteiger partial charge is 0.253 e. The summed E-state index contributed by atoms with van der Waals surface area (Å²) in [5.74, 6) is 1.15. The second-order valence-corrected chi connectivity index (χ2v) is 5.75. The van der Waals surface area contributed by atoms with Crippen LogP contribution in [0, 0.1) is 0 Å². The Morgan fingerprint density at radius 2 is 2.18 bits per heavy atom. The molecule has 1 aliphatic heterocycles. The zero-order valence-corrected chi connectivity index (χ0v) is 10.2. The highest BCUT2D eigenvalue weighted by Crippen LogP contribution is 2.12. The standard InChI is InChI=1S/C11H15N3O2S/c12-10-7-13-4-1-9(10)11(15)14-8-2-5-17(16)6-3-8/h1,4,7-8H,2-3,5-6,12H2,(H,14,15). The number of hydrogen-bond donors (Lipinski definition) is 2. The van der Waals surface area contributed by atoms with Crippen LogP contribution >= 0.6 is 0 Å². The maximum atomic E-state index is 11.9. The van der Waals surface area contributed by atoms with E-state index in [0.717, 1.165) is 12.8 Å². The minimum Gasteiger partial charge on any atom is -0.397 e. The lowest BCUT2D eigenvalue weighted by Gasteiger charge is -2.22. The van der Waals surface area contributed by atoms with Crippen molar-refractivity contribution in [1.82, 2.24) is 10.3 Å². The molecule has 0 radical (unpaired) electrons. The van der Waals surface area contributed by atoms with E-state index in [-0.39, 0.29) is 11.9 Å². The van der Waals surface area contributed by atoms with Gasteiger partial charge in [-0.25, -0.2) is 0 Å². The fourth-order valence-electron chi connectivity index (χ4n) is 1.81. The minimum absolute atomic E-state index is 0.104. The molecule has 2 rings (SSSR count). The highest BCUT2D eigenvalue weighted by Gasteiger charge is 2.20. The third-order valence-electron chi connectivity index (χ3n) is 2.82. The molecule has 1 aromatic heterocycles. The molecule has 3 N–H and O–H groups in total. The molecular formula is C11H15N3O2S. The van der Waals surface area contributed by atoms with Crippen molar-refractivity contribution in [2.45, 2.75) is 18.9 Å². The molecule has 1 saturated heterocycles. The van der Waals surface area contributed by atoms with E-state index >= 15 is 0 Å². The van der Waals surface area contributed by atoms with E-state index in [4.69, 9.17) is 5.73 Å². The molecule has 1 fully saturated rings. The molecule has 0 aliphatic carbocycles. The maximum Gasteiger partial charge on any atom is 0.253 e. The lowest BCUT2D eigenvalue weighted by Crippen LogP contribution is -2.39. The Morgan fingerprint density at radius 1 is 1.47 bits per heavy atom. The molecule has 1 amide bonds. The number of amides is 1. The average Bonchev–Trinajstić information content (AvgIpc) is 2.32. The summed E-state index contributed by atoms with van der Waals surface area (Å²) in [4.78, 5) is 15.8. The summed E-state index contributed by atoms with van der Waals surface area (Å²) < 4.78 is 11.2. The van der Waals surface area contributed by atoms with E-state index in [2.05, 4.69) is 10.3 Å². The van der Waals surface area contributed by atoms with Crippen molar-refractivity contribution in [3.8, 4) is 0 Å². The van der Waals surface area contributed by atoms with Crippen molar-refractivity contribution in [2.24, 2.45) is 0 Å². The number of carbonyl (C=O) groups excluding carboxylic acids is 1. The van der Waals surface area contributed by atoms with Crippen LogP contribution in [0.5, 0.6) is 0 Å². The zero-order chi connectivity index (χ0) is 12.3. The number of pyridine rings is 1. The van der Waals surface area contributed by atoms with Gasteiger partial charge >= 0.3 is 0 Å². The van der Waals surface area contributed by atoms with Crippen molar-refractivity contribution >= 4 is 22.4 Å². The summed E-state index contributed by atoms with van der Waals surface area (Å²) in [5.41, 5.74) is 6.51. The van der Waals surface area contributed by atoms with Crippen LogP contribution in [0.15, 0.2) is 18.5 Å². The normalized spacial score (nSPS) is 24.2. The molecule has 6 heteroatoms. The molecule has 0 bridgehead atoms. The quantitative estimate of drug-likeness (QED) is 0.794. The van der Waals surface area contributed by atoms with Crippen LogP contribution < -0.4 is 11.1 Å². The van der Waals surface area contributed by atoms with E-state index < -0.39 is 10.8 Å². The number of nitrogens with two attached hydrogens (primary N) is 1. The molecule has 0 unspecified atom stereocenters. The monoisotopic (exact) mass is 253 g/mol. The van der Waals surface area contributed by atoms with Crippen LogP contribution in [0.3, 0.4) is 0 Å². The van der Waals surface area contributed by atoms with Gasteiger partial charge in [-0.2, -0.15) is 0 Å². The van der Waals surface area contributed by atoms with E-state index in [1.807, 2.05) is 0 Å². The van der Waals surface area contributed by atoms with Crippen LogP contribution in [-0.4, -0.2) is 32.6 Å². The Labute approximate surface area is 102 Å². The number of carbonyl (C=O) groups is 1. The van der Waals surface area contributed by atoms with Crippen molar-refractivity contribution in [2.75, 3.05) is 17.2 Å². The Bertz CT molecular complexity index is 440. The number of nitrogen functional groups attached to an aromatic ring is 1. The zero-order valence-electron chi connectivity index (χ0n) is 9.39. The van der Waals surface area contributed by atoms with Gasteiger partial charge in [0.05, 0.1) is 17.4 Å². The van der Waals surface area contributed by atoms with E-state index in [0.29, 0.717) is 22.8 Å². The molecule has 92 valence electrons. The van der Waals surface area contributed by atoms with Crippen LogP contribution in [0.4, 0.5) is 5.69 Å². The van der Waals surface area contributed by atoms with Crippen LogP contribution in [-0.2, 0) is 10.8 Å². The molecule has 5 nitrogen and oxygen atoms in total. The summed E-state index contributed by atoms with van der Waals surface area (Å²) in [6, 6.07) is 1.71. The molecule has 0 aromatic carbocycles. The summed E-state index contributed by atoms with van der Waals surface area (Å²) in [5, 5.41) is 2.92. The molecule has 0 atom stereocenters. The van der Waals surface area contributed by atoms with Gasteiger partial charge in [-0.15, -0.1) is 0 Å². The second-order valence-electron chi connectivity index (χ2n) is 4.06. The van der Waals surface area contributed by atoms with E-state index in [1.165, 1.54) is 6.20 Å². The number of rotatable bonds is 2. The number of nitrogens with zero attached hydrogens (tertiary/aromatic N) is 1. The first-order chi connectivity index (χ1) is 8.16. The fourth-order valence-corrected chi connectivity index (χ4v) is 3.11. The van der Waals surface area contributed by atoms with Gasteiger partial charge in [0.1, 0.15) is 0 Å². The first-order valence-corrected chi connectivity index (χ1v) is 7.01. The topological polar surface area (TPSA) is 85.1 Å². The largest absolute Gasteiger partial charge is 0.397 e. The SMILES string of the molecule is Nc1cnccc1C(=O)NC1CCS(=O)CC1. The predicted octanol–water partition coefficient (Wildman–Crippen LogP) is 0.305. The van der Waals surface area contributed by atoms with Crippen molar-refractivity contribution in [3.05, 3.63) is 24.0 Å². The van der Waals surface area contributed by atoms with Crippen LogP contribution in [0.2, 0.25) is 0 Å². The highest BCUT2D eigenvalue weighted by molar-refractivity contribution is 7.85. The summed E-state index contributed by atoms with van der Waals surface area (Å²) in [7, 11) is -0.711. The fraction of sp³-hybridized carbons (Fsp3) is 0.455. The average molecular weight is 253 g/mol. The van der Waals surface area contributed by atoms with Crippen LogP contribution in [0.1, 0.15) is 23.2 Å². The van der Waals surface area contributed by atoms with Gasteiger partial charge < -0.3 is 11.1 Å². The van der Waals surface area contributed by atoms with Crippen molar-refractivity contribution in [1.29, 1.82) is 0 Å². The summed E-state index contributed by atoms with van der Waals surface area (Å²) in [6.45, 7) is 0. The molecule has 0 spiro atoms. The first kappa shape index (κ1) is 12.0. The van der Waals surface area contributed by atoms with Crippen molar-refractivity contribution < 1.29 is 9.00 Å². The van der Waals surface area contributed by atoms with Crippen LogP contribution in [0.25, 0.3) is 0 Å². The van der Waals surface area contributed by atoms with Gasteiger partial charge in [0.15, 0.2) is 0 Å². The highest BCUT2D eigenvalue weighted by atomic mass is 32.2. The van der Waals surface area contributed by atoms with Crippen molar-refractivity contribution in [3.63, 3.8) is 0 Å². The number of anilines is 1. The number of aromatic nitrogens is 1. The lowest BCUT2D eigenvalue weighted by molar-refractivity contribution is 0.0935. The van der Waals surface area contributed by atoms with Gasteiger partial charge in [0.25, 0.3) is 5.91 Å². The van der Waals surface area contributed by atoms with Gasteiger partial charge in [-0.05, 0) is 18.9 Å². The van der Waals surface area contributed by atoms with E-state index in [9.17, 15) is 9.00 Å². The summed E-state index contributed by atoms with van der Waals surface area (Å²) in [6.07, 6.45) is 4.54. The number of hydrogen-bond acceptors (Lipinski definition) is 4.